The van der Waals surface area contributed by atoms with Crippen LogP contribution in [-0.4, -0.2) is 44.4 Å². The molecule has 0 aliphatic carbocycles. The number of nitrogens with one attached hydrogen (secondary N) is 2. The number of sulfonamides is 1. The third-order valence-corrected chi connectivity index (χ3v) is 6.88. The maximum atomic E-state index is 13.7. The third kappa shape index (κ3) is 4.56. The molecular weight excluding hydrogens is 448 g/mol. The van der Waals surface area contributed by atoms with Gasteiger partial charge in [0.05, 0.1) is 21.8 Å². The lowest BCUT2D eigenvalue weighted by molar-refractivity contribution is -0.0220. The average Bonchev–Trinajstić information content (AvgIpc) is 2.74. The largest absolute Gasteiger partial charge is 0.369 e. The molecule has 0 unspecified atom stereocenters. The monoisotopic (exact) mass is 467 g/mol. The van der Waals surface area contributed by atoms with Crippen molar-refractivity contribution in [1.82, 2.24) is 14.7 Å². The molecule has 11 heteroatoms. The van der Waals surface area contributed by atoms with E-state index in [-0.39, 0.29) is 30.8 Å². The van der Waals surface area contributed by atoms with Crippen LogP contribution >= 0.6 is 11.6 Å². The summed E-state index contributed by atoms with van der Waals surface area (Å²) in [7, 11) is -2.39. The first-order valence-corrected chi connectivity index (χ1v) is 11.4. The molecule has 164 valence electrons. The lowest BCUT2D eigenvalue weighted by Gasteiger charge is -2.34. The predicted molar refractivity (Wildman–Crippen MR) is 117 cm³/mol. The molecule has 3 aromatic rings. The fourth-order valence-corrected chi connectivity index (χ4v) is 4.43. The Morgan fingerprint density at radius 2 is 1.84 bits per heavy atom. The van der Waals surface area contributed by atoms with E-state index in [4.69, 9.17) is 11.6 Å². The molecule has 31 heavy (non-hydrogen) atoms. The molecule has 1 aliphatic rings. The molecule has 0 amide bonds. The van der Waals surface area contributed by atoms with E-state index >= 15 is 0 Å². The van der Waals surface area contributed by atoms with Crippen LogP contribution in [0.1, 0.15) is 12.8 Å². The Kier molecular flexibility index (Phi) is 5.71. The Morgan fingerprint density at radius 3 is 2.55 bits per heavy atom. The van der Waals surface area contributed by atoms with Gasteiger partial charge in [0, 0.05) is 36.3 Å². The number of fused-ring (bicyclic) bond motifs is 1. The van der Waals surface area contributed by atoms with Gasteiger partial charge in [-0.25, -0.2) is 31.9 Å². The Balaban J connectivity index is 1.79. The highest BCUT2D eigenvalue weighted by molar-refractivity contribution is 7.89. The molecule has 0 spiro atoms. The molecule has 2 N–H and O–H groups in total. The molecule has 0 atom stereocenters. The number of halogens is 3. The second kappa shape index (κ2) is 8.18. The highest BCUT2D eigenvalue weighted by Gasteiger charge is 2.34. The molecular formula is C20H20ClF2N5O2S. The summed E-state index contributed by atoms with van der Waals surface area (Å²) < 4.78 is 54.3. The van der Waals surface area contributed by atoms with E-state index in [0.717, 1.165) is 0 Å². The molecule has 0 saturated carbocycles. The molecule has 2 heterocycles. The van der Waals surface area contributed by atoms with E-state index in [2.05, 4.69) is 20.0 Å². The highest BCUT2D eigenvalue weighted by Crippen LogP contribution is 2.37. The van der Waals surface area contributed by atoms with Crippen molar-refractivity contribution in [3.05, 3.63) is 47.7 Å². The predicted octanol–water partition coefficient (Wildman–Crippen LogP) is 4.17. The summed E-state index contributed by atoms with van der Waals surface area (Å²) in [5.41, 5.74) is 1.70. The number of rotatable bonds is 5. The van der Waals surface area contributed by atoms with Gasteiger partial charge in [0.25, 0.3) is 5.92 Å². The zero-order valence-electron chi connectivity index (χ0n) is 16.6. The average molecular weight is 468 g/mol. The van der Waals surface area contributed by atoms with Gasteiger partial charge in [0.1, 0.15) is 12.1 Å². The first kappa shape index (κ1) is 21.7. The fourth-order valence-electron chi connectivity index (χ4n) is 3.51. The molecule has 2 aromatic carbocycles. The van der Waals surface area contributed by atoms with Gasteiger partial charge in [0.15, 0.2) is 0 Å². The lowest BCUT2D eigenvalue weighted by Crippen LogP contribution is -2.39. The summed E-state index contributed by atoms with van der Waals surface area (Å²) in [5, 5.41) is 4.31. The molecule has 1 aromatic heterocycles. The van der Waals surface area contributed by atoms with Gasteiger partial charge in [-0.05, 0) is 43.4 Å². The van der Waals surface area contributed by atoms with E-state index < -0.39 is 15.9 Å². The van der Waals surface area contributed by atoms with Crippen LogP contribution in [0.4, 0.5) is 26.0 Å². The minimum absolute atomic E-state index is 0.0417. The van der Waals surface area contributed by atoms with Gasteiger partial charge in [0.2, 0.25) is 10.0 Å². The van der Waals surface area contributed by atoms with Crippen molar-refractivity contribution in [3.63, 3.8) is 0 Å². The number of piperidine rings is 1. The number of anilines is 3. The maximum absolute atomic E-state index is 13.7. The second-order valence-electron chi connectivity index (χ2n) is 7.24. The summed E-state index contributed by atoms with van der Waals surface area (Å²) in [6, 6.07) is 9.70. The van der Waals surface area contributed by atoms with E-state index in [9.17, 15) is 17.2 Å². The van der Waals surface area contributed by atoms with Gasteiger partial charge < -0.3 is 10.2 Å². The molecule has 4 rings (SSSR count). The normalized spacial score (nSPS) is 16.5. The Bertz CT molecular complexity index is 1230. The summed E-state index contributed by atoms with van der Waals surface area (Å²) in [5.74, 6) is -2.27. The number of nitrogens with zero attached hydrogens (tertiary/aromatic N) is 3. The van der Waals surface area contributed by atoms with Gasteiger partial charge in [-0.15, -0.1) is 0 Å². The Labute approximate surface area is 183 Å². The molecule has 1 saturated heterocycles. The zero-order valence-corrected chi connectivity index (χ0v) is 18.1. The quantitative estimate of drug-likeness (QED) is 0.585. The van der Waals surface area contributed by atoms with E-state index in [1.54, 1.807) is 24.3 Å². The minimum Gasteiger partial charge on any atom is -0.369 e. The third-order valence-electron chi connectivity index (χ3n) is 5.23. The Hall–Kier alpha value is -2.56. The summed E-state index contributed by atoms with van der Waals surface area (Å²) in [6.45, 7) is 0.298. The summed E-state index contributed by atoms with van der Waals surface area (Å²) in [6.07, 6.45) is 0.845. The van der Waals surface area contributed by atoms with Crippen LogP contribution in [0, 0.1) is 0 Å². The topological polar surface area (TPSA) is 87.2 Å². The van der Waals surface area contributed by atoms with Crippen LogP contribution in [0.15, 0.2) is 47.6 Å². The van der Waals surface area contributed by atoms with Crippen molar-refractivity contribution >= 4 is 49.7 Å². The molecule has 0 bridgehead atoms. The number of aromatic nitrogens is 2. The SMILES string of the molecule is CNS(=O)(=O)c1ccc(N2CCC(F)(F)CC2)c(Nc2ncnc3ccc(Cl)cc23)c1. The second-order valence-corrected chi connectivity index (χ2v) is 9.56. The van der Waals surface area contributed by atoms with Crippen molar-refractivity contribution in [2.45, 2.75) is 23.7 Å². The first-order chi connectivity index (χ1) is 14.7. The fraction of sp³-hybridized carbons (Fsp3) is 0.300. The van der Waals surface area contributed by atoms with E-state index in [1.165, 1.54) is 25.5 Å². The van der Waals surface area contributed by atoms with Crippen molar-refractivity contribution in [2.75, 3.05) is 30.4 Å². The number of benzene rings is 2. The van der Waals surface area contributed by atoms with Crippen molar-refractivity contribution in [3.8, 4) is 0 Å². The van der Waals surface area contributed by atoms with Crippen molar-refractivity contribution in [2.24, 2.45) is 0 Å². The zero-order chi connectivity index (χ0) is 22.2. The first-order valence-electron chi connectivity index (χ1n) is 9.56. The van der Waals surface area contributed by atoms with Gasteiger partial charge in [-0.3, -0.25) is 0 Å². The van der Waals surface area contributed by atoms with Crippen LogP contribution in [0.2, 0.25) is 5.02 Å². The lowest BCUT2D eigenvalue weighted by atomic mass is 10.1. The summed E-state index contributed by atoms with van der Waals surface area (Å²) >= 11 is 6.13. The minimum atomic E-state index is -3.71. The van der Waals surface area contributed by atoms with Crippen molar-refractivity contribution < 1.29 is 17.2 Å². The van der Waals surface area contributed by atoms with Gasteiger partial charge >= 0.3 is 0 Å². The van der Waals surface area contributed by atoms with E-state index in [0.29, 0.717) is 33.1 Å². The standard InChI is InChI=1S/C20H20ClF2N5O2S/c1-24-31(29,30)14-3-5-18(28-8-6-20(22,23)7-9-28)17(11-14)27-19-15-10-13(21)2-4-16(15)25-12-26-19/h2-5,10-12,24H,6-9H2,1H3,(H,25,26,27). The number of alkyl halides is 2. The summed E-state index contributed by atoms with van der Waals surface area (Å²) in [4.78, 5) is 10.3. The molecule has 0 radical (unpaired) electrons. The van der Waals surface area contributed by atoms with Crippen LogP contribution in [0.25, 0.3) is 10.9 Å². The van der Waals surface area contributed by atoms with Crippen LogP contribution in [0.3, 0.4) is 0 Å². The Morgan fingerprint density at radius 1 is 1.10 bits per heavy atom. The van der Waals surface area contributed by atoms with Crippen LogP contribution in [-0.2, 0) is 10.0 Å². The molecule has 7 nitrogen and oxygen atoms in total. The highest BCUT2D eigenvalue weighted by atomic mass is 35.5. The van der Waals surface area contributed by atoms with Crippen LogP contribution in [0.5, 0.6) is 0 Å². The maximum Gasteiger partial charge on any atom is 0.251 e. The van der Waals surface area contributed by atoms with Crippen LogP contribution < -0.4 is 14.9 Å². The van der Waals surface area contributed by atoms with Crippen molar-refractivity contribution in [1.29, 1.82) is 0 Å². The number of hydrogen-bond acceptors (Lipinski definition) is 6. The smallest absolute Gasteiger partial charge is 0.251 e. The van der Waals surface area contributed by atoms with E-state index in [1.807, 2.05) is 4.90 Å². The molecule has 1 aliphatic heterocycles. The van der Waals surface area contributed by atoms with Gasteiger partial charge in [-0.2, -0.15) is 0 Å². The molecule has 1 fully saturated rings. The number of hydrogen-bond donors (Lipinski definition) is 2. The van der Waals surface area contributed by atoms with Gasteiger partial charge in [-0.1, -0.05) is 11.6 Å².